The highest BCUT2D eigenvalue weighted by Crippen LogP contribution is 2.47. The third kappa shape index (κ3) is 8.31. The second-order valence-electron chi connectivity index (χ2n) is 13.9. The molecular weight excluding hydrogens is 812 g/mol. The minimum absolute atomic E-state index is 0.0315. The number of thiophene rings is 1. The van der Waals surface area contributed by atoms with Crippen molar-refractivity contribution in [2.24, 2.45) is 0 Å². The van der Waals surface area contributed by atoms with Gasteiger partial charge in [-0.15, -0.1) is 11.3 Å². The second kappa shape index (κ2) is 17.0. The largest absolute Gasteiger partial charge is 0.416 e. The number of nitrogen functional groups attached to an aromatic ring is 1. The minimum Gasteiger partial charge on any atom is -0.394 e. The summed E-state index contributed by atoms with van der Waals surface area (Å²) < 4.78 is 48.4. The maximum Gasteiger partial charge on any atom is 0.416 e. The smallest absolute Gasteiger partial charge is 0.394 e. The van der Waals surface area contributed by atoms with Crippen LogP contribution < -0.4 is 16.4 Å². The van der Waals surface area contributed by atoms with Gasteiger partial charge in [0.25, 0.3) is 5.91 Å². The maximum atomic E-state index is 13.8. The first-order valence-corrected chi connectivity index (χ1v) is 19.5. The number of carbonyl (C=O) groups excluding carboxylic acids is 2. The third-order valence-electron chi connectivity index (χ3n) is 9.95. The van der Waals surface area contributed by atoms with Gasteiger partial charge in [-0.1, -0.05) is 66.4 Å². The normalized spacial score (nSPS) is 17.5. The maximum absolute atomic E-state index is 13.8. The molecule has 7 aromatic rings. The Balaban J connectivity index is 0.935. The van der Waals surface area contributed by atoms with E-state index in [9.17, 15) is 38.1 Å². The molecule has 0 saturated carbocycles. The van der Waals surface area contributed by atoms with E-state index in [1.165, 1.54) is 29.4 Å². The van der Waals surface area contributed by atoms with Gasteiger partial charge in [-0.2, -0.15) is 13.2 Å². The summed E-state index contributed by atoms with van der Waals surface area (Å²) in [7, 11) is 0. The zero-order chi connectivity index (χ0) is 42.8. The number of nitrogens with one attached hydrogen (secondary N) is 2. The van der Waals surface area contributed by atoms with E-state index >= 15 is 0 Å². The summed E-state index contributed by atoms with van der Waals surface area (Å²) in [5.41, 5.74) is 9.37. The van der Waals surface area contributed by atoms with Gasteiger partial charge in [0.05, 0.1) is 35.6 Å². The molecule has 61 heavy (non-hydrogen) atoms. The fraction of sp³-hybridized carbons (Fsp3) is 0.159. The molecule has 0 radical (unpaired) electrons. The molecule has 1 saturated heterocycles. The van der Waals surface area contributed by atoms with Gasteiger partial charge in [0.1, 0.15) is 24.6 Å². The number of benzene rings is 4. The van der Waals surface area contributed by atoms with E-state index in [1.54, 1.807) is 78.9 Å². The number of aromatic nitrogens is 4. The summed E-state index contributed by atoms with van der Waals surface area (Å²) in [6, 6.07) is 26.7. The number of carbonyl (C=O) groups is 2. The van der Waals surface area contributed by atoms with E-state index in [1.807, 2.05) is 0 Å². The Kier molecular flexibility index (Phi) is 11.4. The molecule has 4 aromatic carbocycles. The number of ketones is 1. The SMILES string of the molecule is Nc1sc(-c2ccc(C(=O)NCC#Cc3ccc(Nc4ncnc5c4ncn5[C@@H]4O[C@H](CO)[C@@H](O)[C@H]4O)cc3)cc2)c(-c2cccc(C(F)(F)F)c2)c1C(=O)c1ccccc1. The Labute approximate surface area is 349 Å². The van der Waals surface area contributed by atoms with Crippen LogP contribution in [0.1, 0.15) is 43.6 Å². The number of rotatable bonds is 10. The molecule has 308 valence electrons. The lowest BCUT2D eigenvalue weighted by molar-refractivity contribution is -0.137. The van der Waals surface area contributed by atoms with Crippen LogP contribution in [0.5, 0.6) is 0 Å². The number of nitrogens with zero attached hydrogens (tertiary/aromatic N) is 4. The first-order valence-electron chi connectivity index (χ1n) is 18.7. The van der Waals surface area contributed by atoms with Crippen molar-refractivity contribution in [3.8, 4) is 33.4 Å². The van der Waals surface area contributed by atoms with Gasteiger partial charge in [-0.25, -0.2) is 15.0 Å². The molecule has 8 rings (SSSR count). The first kappa shape index (κ1) is 40.8. The Morgan fingerprint density at radius 2 is 1.64 bits per heavy atom. The highest BCUT2D eigenvalue weighted by atomic mass is 32.1. The molecule has 17 heteroatoms. The van der Waals surface area contributed by atoms with Gasteiger partial charge < -0.3 is 36.4 Å². The van der Waals surface area contributed by atoms with Crippen LogP contribution in [-0.2, 0) is 10.9 Å². The minimum atomic E-state index is -4.61. The van der Waals surface area contributed by atoms with E-state index in [2.05, 4.69) is 37.4 Å². The van der Waals surface area contributed by atoms with Gasteiger partial charge >= 0.3 is 6.18 Å². The van der Waals surface area contributed by atoms with Crippen molar-refractivity contribution in [2.45, 2.75) is 30.7 Å². The van der Waals surface area contributed by atoms with Gasteiger partial charge in [0.2, 0.25) is 0 Å². The van der Waals surface area contributed by atoms with Crippen LogP contribution in [0.4, 0.5) is 29.7 Å². The van der Waals surface area contributed by atoms with Crippen molar-refractivity contribution in [1.29, 1.82) is 0 Å². The van der Waals surface area contributed by atoms with Crippen LogP contribution in [0.25, 0.3) is 32.7 Å². The standard InChI is InChI=1S/C44H34F3N7O6S/c45-44(46,47)29-10-4-9-28(20-29)32-33(35(56)25-7-2-1-3-8-25)39(48)61-38(32)26-13-15-27(16-14-26)42(59)49-19-5-6-24-11-17-30(18-12-24)53-40-34-41(51-22-50-40)54(23-52-34)43-37(58)36(57)31(21-55)60-43/h1-4,7-18,20,22-23,31,36-37,43,55,57-58H,19,21,48H2,(H,49,59)(H,50,51,53)/t31-,36-,37-,43-/m1/s1. The highest BCUT2D eigenvalue weighted by Gasteiger charge is 2.44. The summed E-state index contributed by atoms with van der Waals surface area (Å²) in [5, 5.41) is 36.2. The van der Waals surface area contributed by atoms with E-state index < -0.39 is 54.6 Å². The summed E-state index contributed by atoms with van der Waals surface area (Å²) in [6.07, 6.45) is -6.43. The number of halogens is 3. The molecule has 13 nitrogen and oxygen atoms in total. The van der Waals surface area contributed by atoms with Crippen LogP contribution in [0.3, 0.4) is 0 Å². The molecule has 7 N–H and O–H groups in total. The van der Waals surface area contributed by atoms with Gasteiger partial charge in [-0.3, -0.25) is 14.2 Å². The second-order valence-corrected chi connectivity index (χ2v) is 14.9. The molecule has 0 spiro atoms. The van der Waals surface area contributed by atoms with E-state index in [-0.39, 0.29) is 28.2 Å². The lowest BCUT2D eigenvalue weighted by atomic mass is 9.92. The Morgan fingerprint density at radius 1 is 0.885 bits per heavy atom. The molecular formula is C44H34F3N7O6S. The van der Waals surface area contributed by atoms with Crippen molar-refractivity contribution in [1.82, 2.24) is 24.8 Å². The van der Waals surface area contributed by atoms with Crippen LogP contribution in [0, 0.1) is 11.8 Å². The molecule has 1 aliphatic rings. The van der Waals surface area contributed by atoms with Crippen LogP contribution in [0.2, 0.25) is 0 Å². The number of aliphatic hydroxyl groups excluding tert-OH is 3. The van der Waals surface area contributed by atoms with E-state index in [0.717, 1.165) is 23.5 Å². The number of fused-ring (bicyclic) bond motifs is 1. The number of alkyl halides is 3. The highest BCUT2D eigenvalue weighted by molar-refractivity contribution is 7.20. The Hall–Kier alpha value is -6.94. The number of hydrogen-bond acceptors (Lipinski definition) is 12. The fourth-order valence-corrected chi connectivity index (χ4v) is 7.99. The molecule has 3 aromatic heterocycles. The van der Waals surface area contributed by atoms with E-state index in [4.69, 9.17) is 10.5 Å². The number of hydrogen-bond donors (Lipinski definition) is 6. The zero-order valence-electron chi connectivity index (χ0n) is 31.7. The number of amides is 1. The zero-order valence-corrected chi connectivity index (χ0v) is 32.5. The van der Waals surface area contributed by atoms with Crippen molar-refractivity contribution in [3.05, 3.63) is 144 Å². The summed E-state index contributed by atoms with van der Waals surface area (Å²) in [4.78, 5) is 40.2. The lowest BCUT2D eigenvalue weighted by Crippen LogP contribution is -2.33. The molecule has 1 amide bonds. The summed E-state index contributed by atoms with van der Waals surface area (Å²) in [6.45, 7) is -0.435. The number of imidazole rings is 1. The van der Waals surface area contributed by atoms with E-state index in [0.29, 0.717) is 49.8 Å². The van der Waals surface area contributed by atoms with Crippen LogP contribution >= 0.6 is 11.3 Å². The number of aliphatic hydroxyl groups is 3. The van der Waals surface area contributed by atoms with Crippen LogP contribution in [0.15, 0.2) is 116 Å². The number of ether oxygens (including phenoxy) is 1. The summed E-state index contributed by atoms with van der Waals surface area (Å²) >= 11 is 1.08. The average molecular weight is 846 g/mol. The van der Waals surface area contributed by atoms with Gasteiger partial charge in [0, 0.05) is 32.8 Å². The number of anilines is 3. The Bertz CT molecular complexity index is 2800. The monoisotopic (exact) mass is 845 g/mol. The lowest BCUT2D eigenvalue weighted by Gasteiger charge is -2.16. The number of nitrogens with two attached hydrogens (primary N) is 1. The van der Waals surface area contributed by atoms with Crippen molar-refractivity contribution < 1.29 is 42.8 Å². The third-order valence-corrected chi connectivity index (χ3v) is 11.0. The quantitative estimate of drug-likeness (QED) is 0.0678. The fourth-order valence-electron chi connectivity index (χ4n) is 6.90. The Morgan fingerprint density at radius 3 is 2.34 bits per heavy atom. The molecule has 4 atom stereocenters. The van der Waals surface area contributed by atoms with Crippen molar-refractivity contribution in [2.75, 3.05) is 24.2 Å². The van der Waals surface area contributed by atoms with Crippen molar-refractivity contribution in [3.63, 3.8) is 0 Å². The predicted octanol–water partition coefficient (Wildman–Crippen LogP) is 6.19. The van der Waals surface area contributed by atoms with Gasteiger partial charge in [-0.05, 0) is 59.7 Å². The molecule has 4 heterocycles. The van der Waals surface area contributed by atoms with Gasteiger partial charge in [0.15, 0.2) is 29.0 Å². The average Bonchev–Trinajstić information content (AvgIpc) is 3.95. The topological polar surface area (TPSA) is 198 Å². The van der Waals surface area contributed by atoms with Crippen LogP contribution in [-0.4, -0.2) is 78.0 Å². The molecule has 1 aliphatic heterocycles. The summed E-state index contributed by atoms with van der Waals surface area (Å²) in [5.74, 6) is 5.47. The molecule has 0 unspecified atom stereocenters. The molecule has 0 aliphatic carbocycles. The molecule has 1 fully saturated rings. The van der Waals surface area contributed by atoms with Crippen molar-refractivity contribution >= 4 is 50.7 Å². The first-order chi connectivity index (χ1) is 29.4. The predicted molar refractivity (Wildman–Crippen MR) is 222 cm³/mol. The molecule has 0 bridgehead atoms.